The van der Waals surface area contributed by atoms with Crippen LogP contribution >= 0.6 is 0 Å². The van der Waals surface area contributed by atoms with Gasteiger partial charge in [0.2, 0.25) is 5.91 Å². The highest BCUT2D eigenvalue weighted by molar-refractivity contribution is 5.95. The quantitative estimate of drug-likeness (QED) is 0.826. The molecule has 88 valence electrons. The summed E-state index contributed by atoms with van der Waals surface area (Å²) in [5.41, 5.74) is 0.940. The lowest BCUT2D eigenvalue weighted by Crippen LogP contribution is -2.40. The number of carbonyl (C=O) groups excluding carboxylic acids is 2. The molecule has 0 heterocycles. The van der Waals surface area contributed by atoms with E-state index in [4.69, 9.17) is 5.26 Å². The van der Waals surface area contributed by atoms with E-state index in [1.54, 1.807) is 6.07 Å². The molecule has 0 aliphatic rings. The summed E-state index contributed by atoms with van der Waals surface area (Å²) in [5, 5.41) is 12.9. The summed E-state index contributed by atoms with van der Waals surface area (Å²) in [4.78, 5) is 22.3. The topological polar surface area (TPSA) is 82.0 Å². The maximum Gasteiger partial charge on any atom is 0.321 e. The average Bonchev–Trinajstić information content (AvgIpc) is 2.30. The largest absolute Gasteiger partial charge is 0.331 e. The second-order valence-corrected chi connectivity index (χ2v) is 3.49. The molecule has 1 atom stereocenters. The fourth-order valence-corrected chi connectivity index (χ4v) is 1.30. The Morgan fingerprint density at radius 3 is 2.59 bits per heavy atom. The number of carbonyl (C=O) groups is 2. The number of imide groups is 1. The number of nitriles is 1. The first kappa shape index (κ1) is 12.7. The van der Waals surface area contributed by atoms with Crippen LogP contribution in [0.5, 0.6) is 0 Å². The van der Waals surface area contributed by atoms with Gasteiger partial charge >= 0.3 is 6.03 Å². The Balaban J connectivity index is 2.47. The number of urea groups is 1. The summed E-state index contributed by atoms with van der Waals surface area (Å²) in [7, 11) is 0. The molecule has 3 amide bonds. The first-order chi connectivity index (χ1) is 8.13. The highest BCUT2D eigenvalue weighted by Crippen LogP contribution is 2.10. The summed E-state index contributed by atoms with van der Waals surface area (Å²) < 4.78 is 0. The van der Waals surface area contributed by atoms with Crippen molar-refractivity contribution in [1.82, 2.24) is 10.6 Å². The van der Waals surface area contributed by atoms with Crippen molar-refractivity contribution in [2.24, 2.45) is 0 Å². The number of hydrogen-bond acceptors (Lipinski definition) is 3. The van der Waals surface area contributed by atoms with Crippen molar-refractivity contribution in [2.75, 3.05) is 0 Å². The molecular formula is C12H13N3O2. The van der Waals surface area contributed by atoms with Gasteiger partial charge in [-0.2, -0.15) is 5.26 Å². The van der Waals surface area contributed by atoms with Gasteiger partial charge < -0.3 is 5.32 Å². The number of rotatable bonds is 3. The van der Waals surface area contributed by atoms with E-state index < -0.39 is 11.9 Å². The first-order valence-electron chi connectivity index (χ1n) is 5.15. The molecule has 0 fully saturated rings. The van der Waals surface area contributed by atoms with E-state index in [-0.39, 0.29) is 12.5 Å². The van der Waals surface area contributed by atoms with Gasteiger partial charge in [-0.25, -0.2) is 4.79 Å². The first-order valence-corrected chi connectivity index (χ1v) is 5.15. The van der Waals surface area contributed by atoms with Gasteiger partial charge in [-0.05, 0) is 12.5 Å². The average molecular weight is 231 g/mol. The van der Waals surface area contributed by atoms with Gasteiger partial charge in [0.15, 0.2) is 0 Å². The van der Waals surface area contributed by atoms with E-state index in [1.165, 1.54) is 0 Å². The molecule has 0 saturated carbocycles. The molecule has 0 spiro atoms. The molecule has 1 rings (SSSR count). The van der Waals surface area contributed by atoms with Crippen LogP contribution in [0.3, 0.4) is 0 Å². The summed E-state index contributed by atoms with van der Waals surface area (Å²) in [5.74, 6) is -0.606. The van der Waals surface area contributed by atoms with E-state index in [0.717, 1.165) is 5.56 Å². The van der Waals surface area contributed by atoms with Crippen LogP contribution in [0.2, 0.25) is 0 Å². The third-order valence-corrected chi connectivity index (χ3v) is 2.14. The molecular weight excluding hydrogens is 218 g/mol. The van der Waals surface area contributed by atoms with Gasteiger partial charge in [0.1, 0.15) is 6.42 Å². The van der Waals surface area contributed by atoms with Gasteiger partial charge in [-0.1, -0.05) is 30.3 Å². The minimum atomic E-state index is -0.606. The maximum absolute atomic E-state index is 11.4. The van der Waals surface area contributed by atoms with Crippen LogP contribution in [0.1, 0.15) is 24.9 Å². The molecule has 0 aromatic heterocycles. The Kier molecular flexibility index (Phi) is 4.70. The third kappa shape index (κ3) is 4.34. The Bertz CT molecular complexity index is 437. The highest BCUT2D eigenvalue weighted by atomic mass is 16.2. The minimum Gasteiger partial charge on any atom is -0.331 e. The summed E-state index contributed by atoms with van der Waals surface area (Å²) in [6.45, 7) is 1.81. The minimum absolute atomic E-state index is 0.203. The maximum atomic E-state index is 11.4. The van der Waals surface area contributed by atoms with Crippen molar-refractivity contribution in [1.29, 1.82) is 5.26 Å². The van der Waals surface area contributed by atoms with Crippen molar-refractivity contribution < 1.29 is 9.59 Å². The van der Waals surface area contributed by atoms with E-state index in [1.807, 2.05) is 37.3 Å². The number of amides is 3. The number of nitrogens with one attached hydrogen (secondary N) is 2. The monoisotopic (exact) mass is 231 g/mol. The predicted octanol–water partition coefficient (Wildman–Crippen LogP) is 1.49. The zero-order valence-electron chi connectivity index (χ0n) is 9.43. The molecule has 1 aromatic rings. The Hall–Kier alpha value is -2.35. The van der Waals surface area contributed by atoms with Crippen molar-refractivity contribution >= 4 is 11.9 Å². The molecule has 0 radical (unpaired) electrons. The molecule has 5 heteroatoms. The van der Waals surface area contributed by atoms with Crippen LogP contribution in [0.25, 0.3) is 0 Å². The second-order valence-electron chi connectivity index (χ2n) is 3.49. The lowest BCUT2D eigenvalue weighted by molar-refractivity contribution is -0.119. The van der Waals surface area contributed by atoms with Crippen LogP contribution in [-0.2, 0) is 4.79 Å². The number of hydrogen-bond donors (Lipinski definition) is 2. The molecule has 17 heavy (non-hydrogen) atoms. The van der Waals surface area contributed by atoms with Crippen molar-refractivity contribution in [3.05, 3.63) is 35.9 Å². The standard InChI is InChI=1S/C12H13N3O2/c1-9(10-5-3-2-4-6-10)14-12(17)15-11(16)7-8-13/h2-6,9H,7H2,1H3,(H2,14,15,16,17). The van der Waals surface area contributed by atoms with Crippen molar-refractivity contribution in [2.45, 2.75) is 19.4 Å². The number of benzene rings is 1. The smallest absolute Gasteiger partial charge is 0.321 e. The van der Waals surface area contributed by atoms with E-state index in [2.05, 4.69) is 10.6 Å². The summed E-state index contributed by atoms with van der Waals surface area (Å²) >= 11 is 0. The second kappa shape index (κ2) is 6.28. The van der Waals surface area contributed by atoms with Crippen LogP contribution in [-0.4, -0.2) is 11.9 Å². The molecule has 0 saturated heterocycles. The lowest BCUT2D eigenvalue weighted by atomic mass is 10.1. The zero-order valence-corrected chi connectivity index (χ0v) is 9.43. The third-order valence-electron chi connectivity index (χ3n) is 2.14. The molecule has 1 unspecified atom stereocenters. The molecule has 0 aliphatic heterocycles. The van der Waals surface area contributed by atoms with Gasteiger partial charge in [0.05, 0.1) is 12.1 Å². The van der Waals surface area contributed by atoms with Crippen molar-refractivity contribution in [3.63, 3.8) is 0 Å². The molecule has 2 N–H and O–H groups in total. The summed E-state index contributed by atoms with van der Waals surface area (Å²) in [6.07, 6.45) is -0.326. The Labute approximate surface area is 99.4 Å². The van der Waals surface area contributed by atoms with Crippen LogP contribution < -0.4 is 10.6 Å². The van der Waals surface area contributed by atoms with Gasteiger partial charge in [-0.3, -0.25) is 10.1 Å². The van der Waals surface area contributed by atoms with E-state index >= 15 is 0 Å². The molecule has 0 bridgehead atoms. The van der Waals surface area contributed by atoms with E-state index in [0.29, 0.717) is 0 Å². The fraction of sp³-hybridized carbons (Fsp3) is 0.250. The lowest BCUT2D eigenvalue weighted by Gasteiger charge is -2.13. The summed E-state index contributed by atoms with van der Waals surface area (Å²) in [6, 6.07) is 10.2. The SMILES string of the molecule is CC(NC(=O)NC(=O)CC#N)c1ccccc1. The van der Waals surface area contributed by atoms with Gasteiger partial charge in [0, 0.05) is 0 Å². The van der Waals surface area contributed by atoms with E-state index in [9.17, 15) is 9.59 Å². The van der Waals surface area contributed by atoms with Gasteiger partial charge in [-0.15, -0.1) is 0 Å². The predicted molar refractivity (Wildman–Crippen MR) is 61.8 cm³/mol. The Morgan fingerprint density at radius 1 is 1.35 bits per heavy atom. The molecule has 5 nitrogen and oxygen atoms in total. The number of nitrogens with zero attached hydrogens (tertiary/aromatic N) is 1. The van der Waals surface area contributed by atoms with Crippen LogP contribution in [0, 0.1) is 11.3 Å². The van der Waals surface area contributed by atoms with Crippen LogP contribution in [0.15, 0.2) is 30.3 Å². The highest BCUT2D eigenvalue weighted by Gasteiger charge is 2.11. The normalized spacial score (nSPS) is 11.1. The van der Waals surface area contributed by atoms with Crippen LogP contribution in [0.4, 0.5) is 4.79 Å². The Morgan fingerprint density at radius 2 is 2.00 bits per heavy atom. The van der Waals surface area contributed by atoms with Gasteiger partial charge in [0.25, 0.3) is 0 Å². The zero-order chi connectivity index (χ0) is 12.7. The van der Waals surface area contributed by atoms with Crippen molar-refractivity contribution in [3.8, 4) is 6.07 Å². The molecule has 1 aromatic carbocycles. The molecule has 0 aliphatic carbocycles. The fourth-order valence-electron chi connectivity index (χ4n) is 1.30.